The molecule has 0 aliphatic rings. The Bertz CT molecular complexity index is 825. The standard InChI is InChI=1S/C18H22N4O5/c1-12-3-6-17(27-2)16(9-12)21-18(24)11-20-15-10-13(22(25)26)4-5-14(15)19-7-8-23/h3-6,9-10,19-20,23H,7-8,11H2,1-2H3,(H,21,24). The molecule has 1 amide bonds. The van der Waals surface area contributed by atoms with E-state index in [-0.39, 0.29) is 31.3 Å². The lowest BCUT2D eigenvalue weighted by Crippen LogP contribution is -2.22. The molecule has 144 valence electrons. The maximum atomic E-state index is 12.3. The van der Waals surface area contributed by atoms with Crippen LogP contribution < -0.4 is 20.7 Å². The molecule has 0 radical (unpaired) electrons. The van der Waals surface area contributed by atoms with E-state index < -0.39 is 4.92 Å². The zero-order valence-electron chi connectivity index (χ0n) is 15.1. The topological polar surface area (TPSA) is 126 Å². The molecule has 27 heavy (non-hydrogen) atoms. The van der Waals surface area contributed by atoms with Gasteiger partial charge in [-0.25, -0.2) is 0 Å². The van der Waals surface area contributed by atoms with Crippen LogP contribution in [-0.2, 0) is 4.79 Å². The molecular formula is C18H22N4O5. The first-order valence-electron chi connectivity index (χ1n) is 8.26. The van der Waals surface area contributed by atoms with Crippen LogP contribution >= 0.6 is 0 Å². The molecule has 0 aliphatic carbocycles. The van der Waals surface area contributed by atoms with Gasteiger partial charge in [0.1, 0.15) is 5.75 Å². The maximum Gasteiger partial charge on any atom is 0.271 e. The normalized spacial score (nSPS) is 10.2. The Hall–Kier alpha value is -3.33. The number of hydrogen-bond acceptors (Lipinski definition) is 7. The minimum Gasteiger partial charge on any atom is -0.495 e. The van der Waals surface area contributed by atoms with Gasteiger partial charge >= 0.3 is 0 Å². The average molecular weight is 374 g/mol. The molecule has 2 aromatic rings. The van der Waals surface area contributed by atoms with Crippen LogP contribution in [-0.4, -0.2) is 42.7 Å². The number of hydrogen-bond donors (Lipinski definition) is 4. The number of methoxy groups -OCH3 is 1. The summed E-state index contributed by atoms with van der Waals surface area (Å²) in [7, 11) is 1.51. The maximum absolute atomic E-state index is 12.3. The number of non-ortho nitro benzene ring substituents is 1. The summed E-state index contributed by atoms with van der Waals surface area (Å²) in [5, 5.41) is 28.5. The summed E-state index contributed by atoms with van der Waals surface area (Å²) >= 11 is 0. The molecule has 0 atom stereocenters. The van der Waals surface area contributed by atoms with Gasteiger partial charge in [-0.05, 0) is 30.7 Å². The highest BCUT2D eigenvalue weighted by atomic mass is 16.6. The van der Waals surface area contributed by atoms with Crippen molar-refractivity contribution in [3.63, 3.8) is 0 Å². The van der Waals surface area contributed by atoms with Crippen LogP contribution in [0.5, 0.6) is 5.75 Å². The van der Waals surface area contributed by atoms with Crippen molar-refractivity contribution in [2.24, 2.45) is 0 Å². The third-order valence-electron chi connectivity index (χ3n) is 3.71. The predicted octanol–water partition coefficient (Wildman–Crippen LogP) is 2.37. The van der Waals surface area contributed by atoms with Gasteiger partial charge in [0.2, 0.25) is 5.91 Å². The number of anilines is 3. The van der Waals surface area contributed by atoms with Crippen molar-refractivity contribution in [1.82, 2.24) is 0 Å². The minimum absolute atomic E-state index is 0.0932. The second-order valence-electron chi connectivity index (χ2n) is 5.74. The molecule has 0 fully saturated rings. The summed E-state index contributed by atoms with van der Waals surface area (Å²) in [6.07, 6.45) is 0. The molecule has 0 saturated heterocycles. The number of nitro groups is 1. The second-order valence-corrected chi connectivity index (χ2v) is 5.74. The Morgan fingerprint density at radius 2 is 1.93 bits per heavy atom. The van der Waals surface area contributed by atoms with Gasteiger partial charge in [0, 0.05) is 18.7 Å². The van der Waals surface area contributed by atoms with Crippen LogP contribution in [0.25, 0.3) is 0 Å². The molecular weight excluding hydrogens is 352 g/mol. The van der Waals surface area contributed by atoms with Crippen LogP contribution in [0.2, 0.25) is 0 Å². The number of amides is 1. The number of ether oxygens (including phenoxy) is 1. The zero-order valence-corrected chi connectivity index (χ0v) is 15.1. The van der Waals surface area contributed by atoms with Gasteiger partial charge in [-0.15, -0.1) is 0 Å². The van der Waals surface area contributed by atoms with E-state index in [2.05, 4.69) is 16.0 Å². The number of aryl methyl sites for hydroxylation is 1. The number of carbonyl (C=O) groups excluding carboxylic acids is 1. The van der Waals surface area contributed by atoms with Crippen LogP contribution in [0.15, 0.2) is 36.4 Å². The highest BCUT2D eigenvalue weighted by Gasteiger charge is 2.13. The summed E-state index contributed by atoms with van der Waals surface area (Å²) in [6.45, 7) is 1.98. The van der Waals surface area contributed by atoms with E-state index in [0.29, 0.717) is 22.8 Å². The van der Waals surface area contributed by atoms with Gasteiger partial charge in [-0.2, -0.15) is 0 Å². The quantitative estimate of drug-likeness (QED) is 0.392. The van der Waals surface area contributed by atoms with Gasteiger partial charge in [-0.1, -0.05) is 6.07 Å². The number of carbonyl (C=O) groups is 1. The van der Waals surface area contributed by atoms with E-state index in [0.717, 1.165) is 5.56 Å². The number of rotatable bonds is 9. The van der Waals surface area contributed by atoms with Crippen molar-refractivity contribution in [3.05, 3.63) is 52.1 Å². The molecule has 4 N–H and O–H groups in total. The Morgan fingerprint density at radius 3 is 2.59 bits per heavy atom. The second kappa shape index (κ2) is 9.39. The lowest BCUT2D eigenvalue weighted by atomic mass is 10.2. The average Bonchev–Trinajstić information content (AvgIpc) is 2.65. The Balaban J connectivity index is 2.10. The third kappa shape index (κ3) is 5.58. The molecule has 0 aromatic heterocycles. The van der Waals surface area contributed by atoms with Gasteiger partial charge < -0.3 is 25.8 Å². The Kier molecular flexibility index (Phi) is 6.95. The van der Waals surface area contributed by atoms with Crippen molar-refractivity contribution >= 4 is 28.7 Å². The van der Waals surface area contributed by atoms with E-state index in [9.17, 15) is 14.9 Å². The van der Waals surface area contributed by atoms with E-state index in [1.54, 1.807) is 12.1 Å². The largest absolute Gasteiger partial charge is 0.495 e. The molecule has 2 aromatic carbocycles. The van der Waals surface area contributed by atoms with Crippen molar-refractivity contribution in [2.75, 3.05) is 42.8 Å². The van der Waals surface area contributed by atoms with E-state index in [1.165, 1.54) is 25.3 Å². The fourth-order valence-corrected chi connectivity index (χ4v) is 2.43. The number of aliphatic hydroxyl groups is 1. The molecule has 0 bridgehead atoms. The number of nitrogens with one attached hydrogen (secondary N) is 3. The first-order valence-corrected chi connectivity index (χ1v) is 8.26. The first-order chi connectivity index (χ1) is 12.9. The lowest BCUT2D eigenvalue weighted by molar-refractivity contribution is -0.384. The fraction of sp³-hybridized carbons (Fsp3) is 0.278. The number of aliphatic hydroxyl groups excluding tert-OH is 1. The first kappa shape index (κ1) is 20.0. The molecule has 9 heteroatoms. The molecule has 0 spiro atoms. The highest BCUT2D eigenvalue weighted by molar-refractivity contribution is 5.95. The summed E-state index contributed by atoms with van der Waals surface area (Å²) < 4.78 is 5.23. The van der Waals surface area contributed by atoms with Gasteiger partial charge in [0.05, 0.1) is 42.2 Å². The summed E-state index contributed by atoms with van der Waals surface area (Å²) in [5.74, 6) is 0.202. The predicted molar refractivity (Wildman–Crippen MR) is 104 cm³/mol. The summed E-state index contributed by atoms with van der Waals surface area (Å²) in [5.41, 5.74) is 2.35. The zero-order chi connectivity index (χ0) is 19.8. The fourth-order valence-electron chi connectivity index (χ4n) is 2.43. The van der Waals surface area contributed by atoms with Crippen molar-refractivity contribution in [2.45, 2.75) is 6.92 Å². The van der Waals surface area contributed by atoms with Crippen LogP contribution in [0, 0.1) is 17.0 Å². The monoisotopic (exact) mass is 374 g/mol. The third-order valence-corrected chi connectivity index (χ3v) is 3.71. The van der Waals surface area contributed by atoms with E-state index in [1.807, 2.05) is 13.0 Å². The van der Waals surface area contributed by atoms with Crippen LogP contribution in [0.1, 0.15) is 5.56 Å². The lowest BCUT2D eigenvalue weighted by Gasteiger charge is -2.14. The number of benzene rings is 2. The van der Waals surface area contributed by atoms with Crippen molar-refractivity contribution in [3.8, 4) is 5.75 Å². The summed E-state index contributed by atoms with van der Waals surface area (Å²) in [6, 6.07) is 9.63. The molecule has 0 unspecified atom stereocenters. The Morgan fingerprint density at radius 1 is 1.15 bits per heavy atom. The van der Waals surface area contributed by atoms with Gasteiger partial charge in [0.25, 0.3) is 5.69 Å². The van der Waals surface area contributed by atoms with E-state index in [4.69, 9.17) is 9.84 Å². The molecule has 9 nitrogen and oxygen atoms in total. The highest BCUT2D eigenvalue weighted by Crippen LogP contribution is 2.27. The molecule has 0 saturated carbocycles. The number of nitro benzene ring substituents is 1. The van der Waals surface area contributed by atoms with Crippen molar-refractivity contribution in [1.29, 1.82) is 0 Å². The van der Waals surface area contributed by atoms with Crippen molar-refractivity contribution < 1.29 is 19.6 Å². The molecule has 0 aliphatic heterocycles. The van der Waals surface area contributed by atoms with Gasteiger partial charge in [0.15, 0.2) is 0 Å². The van der Waals surface area contributed by atoms with Crippen LogP contribution in [0.3, 0.4) is 0 Å². The smallest absolute Gasteiger partial charge is 0.271 e. The molecule has 2 rings (SSSR count). The minimum atomic E-state index is -0.515. The van der Waals surface area contributed by atoms with E-state index >= 15 is 0 Å². The number of nitrogens with zero attached hydrogens (tertiary/aromatic N) is 1. The van der Waals surface area contributed by atoms with Gasteiger partial charge in [-0.3, -0.25) is 14.9 Å². The molecule has 0 heterocycles. The van der Waals surface area contributed by atoms with Crippen LogP contribution in [0.4, 0.5) is 22.7 Å². The summed E-state index contributed by atoms with van der Waals surface area (Å²) in [4.78, 5) is 22.8. The Labute approximate surface area is 156 Å². The SMILES string of the molecule is COc1ccc(C)cc1NC(=O)CNc1cc([N+](=O)[O-])ccc1NCCO.